The smallest absolute Gasteiger partial charge is 0.163 e. The summed E-state index contributed by atoms with van der Waals surface area (Å²) >= 11 is 0. The van der Waals surface area contributed by atoms with Crippen LogP contribution in [0.1, 0.15) is 31.4 Å². The van der Waals surface area contributed by atoms with E-state index in [1.807, 2.05) is 62.4 Å². The van der Waals surface area contributed by atoms with Crippen LogP contribution < -0.4 is 9.47 Å². The molecule has 0 fully saturated rings. The van der Waals surface area contributed by atoms with Gasteiger partial charge in [0.2, 0.25) is 0 Å². The maximum Gasteiger partial charge on any atom is 0.163 e. The van der Waals surface area contributed by atoms with Crippen molar-refractivity contribution in [3.8, 4) is 11.5 Å². The minimum Gasteiger partial charge on any atom is -0.494 e. The summed E-state index contributed by atoms with van der Waals surface area (Å²) in [6, 6.07) is 14.8. The average molecular weight is 364 g/mol. The van der Waals surface area contributed by atoms with Gasteiger partial charge in [0.15, 0.2) is 11.6 Å². The maximum absolute atomic E-state index is 11.9. The fourth-order valence-electron chi connectivity index (χ4n) is 2.35. The zero-order chi connectivity index (χ0) is 19.5. The summed E-state index contributed by atoms with van der Waals surface area (Å²) in [4.78, 5) is 23.9. The van der Waals surface area contributed by atoms with Crippen LogP contribution in [0.2, 0.25) is 0 Å². The van der Waals surface area contributed by atoms with Crippen LogP contribution in [0.5, 0.6) is 11.5 Å². The van der Waals surface area contributed by atoms with Crippen LogP contribution in [0.4, 0.5) is 0 Å². The fourth-order valence-corrected chi connectivity index (χ4v) is 2.35. The first-order valence-electron chi connectivity index (χ1n) is 8.98. The largest absolute Gasteiger partial charge is 0.494 e. The number of benzene rings is 2. The third kappa shape index (κ3) is 7.32. The van der Waals surface area contributed by atoms with Gasteiger partial charge in [-0.15, -0.1) is 0 Å². The number of hydrogen-bond acceptors (Lipinski definition) is 4. The average Bonchev–Trinajstić information content (AvgIpc) is 2.67. The Morgan fingerprint density at radius 1 is 0.704 bits per heavy atom. The van der Waals surface area contributed by atoms with Crippen molar-refractivity contribution in [3.05, 3.63) is 71.8 Å². The zero-order valence-corrected chi connectivity index (χ0v) is 15.7. The summed E-state index contributed by atoms with van der Waals surface area (Å²) in [6.07, 6.45) is 6.10. The Morgan fingerprint density at radius 3 is 1.41 bits per heavy atom. The Balaban J connectivity index is 1.84. The molecule has 2 aromatic rings. The maximum atomic E-state index is 11.9. The van der Waals surface area contributed by atoms with Gasteiger partial charge in [0.25, 0.3) is 0 Å². The van der Waals surface area contributed by atoms with Crippen molar-refractivity contribution in [2.45, 2.75) is 20.3 Å². The van der Waals surface area contributed by atoms with Gasteiger partial charge in [0, 0.05) is 0 Å². The van der Waals surface area contributed by atoms with Gasteiger partial charge in [-0.1, -0.05) is 36.4 Å². The third-order valence-corrected chi connectivity index (χ3v) is 3.65. The SMILES string of the molecule is CCOc1ccc(/C=C/C(=O)CC(=O)/C=C/c2ccc(OCC)cc2)cc1. The van der Waals surface area contributed by atoms with E-state index in [4.69, 9.17) is 9.47 Å². The summed E-state index contributed by atoms with van der Waals surface area (Å²) < 4.78 is 10.7. The highest BCUT2D eigenvalue weighted by Gasteiger charge is 2.03. The van der Waals surface area contributed by atoms with Gasteiger partial charge in [0.05, 0.1) is 19.6 Å². The second kappa shape index (κ2) is 10.8. The minimum absolute atomic E-state index is 0.152. The molecule has 0 saturated heterocycles. The molecule has 27 heavy (non-hydrogen) atoms. The standard InChI is InChI=1S/C23H24O4/c1-3-26-22-13-7-18(8-14-22)5-11-20(24)17-21(25)12-6-19-9-15-23(16-10-19)27-4-2/h5-16H,3-4,17H2,1-2H3/b11-5+,12-6+. The lowest BCUT2D eigenvalue weighted by Gasteiger charge is -2.02. The molecule has 4 nitrogen and oxygen atoms in total. The van der Waals surface area contributed by atoms with Crippen LogP contribution in [-0.4, -0.2) is 24.8 Å². The number of carbonyl (C=O) groups excluding carboxylic acids is 2. The van der Waals surface area contributed by atoms with Crippen molar-refractivity contribution in [1.29, 1.82) is 0 Å². The van der Waals surface area contributed by atoms with Crippen LogP contribution in [0.25, 0.3) is 12.2 Å². The number of carbonyl (C=O) groups is 2. The highest BCUT2D eigenvalue weighted by Crippen LogP contribution is 2.14. The van der Waals surface area contributed by atoms with Crippen molar-refractivity contribution in [3.63, 3.8) is 0 Å². The van der Waals surface area contributed by atoms with Crippen LogP contribution in [0.15, 0.2) is 60.7 Å². The van der Waals surface area contributed by atoms with E-state index in [-0.39, 0.29) is 18.0 Å². The van der Waals surface area contributed by atoms with Crippen molar-refractivity contribution in [2.24, 2.45) is 0 Å². The lowest BCUT2D eigenvalue weighted by molar-refractivity contribution is -0.121. The van der Waals surface area contributed by atoms with Gasteiger partial charge in [-0.3, -0.25) is 9.59 Å². The van der Waals surface area contributed by atoms with E-state index < -0.39 is 0 Å². The first kappa shape index (κ1) is 20.2. The van der Waals surface area contributed by atoms with Crippen molar-refractivity contribution in [2.75, 3.05) is 13.2 Å². The monoisotopic (exact) mass is 364 g/mol. The second-order valence-electron chi connectivity index (χ2n) is 5.78. The van der Waals surface area contributed by atoms with Crippen LogP contribution in [0, 0.1) is 0 Å². The lowest BCUT2D eigenvalue weighted by atomic mass is 10.1. The number of rotatable bonds is 10. The van der Waals surface area contributed by atoms with Gasteiger partial charge in [-0.25, -0.2) is 0 Å². The van der Waals surface area contributed by atoms with Crippen molar-refractivity contribution in [1.82, 2.24) is 0 Å². The molecule has 0 amide bonds. The first-order chi connectivity index (χ1) is 13.1. The summed E-state index contributed by atoms with van der Waals surface area (Å²) in [5, 5.41) is 0. The molecule has 140 valence electrons. The molecule has 0 radical (unpaired) electrons. The number of hydrogen-bond donors (Lipinski definition) is 0. The highest BCUT2D eigenvalue weighted by molar-refractivity contribution is 6.10. The van der Waals surface area contributed by atoms with E-state index in [1.54, 1.807) is 12.2 Å². The molecular weight excluding hydrogens is 340 g/mol. The minimum atomic E-state index is -0.231. The molecule has 0 aliphatic carbocycles. The van der Waals surface area contributed by atoms with Crippen molar-refractivity contribution >= 4 is 23.7 Å². The quantitative estimate of drug-likeness (QED) is 0.451. The Labute approximate surface area is 160 Å². The molecule has 0 aliphatic rings. The third-order valence-electron chi connectivity index (χ3n) is 3.65. The van der Waals surface area contributed by atoms with Crippen LogP contribution in [0.3, 0.4) is 0 Å². The van der Waals surface area contributed by atoms with Crippen molar-refractivity contribution < 1.29 is 19.1 Å². The molecule has 2 rings (SSSR count). The molecule has 0 aromatic heterocycles. The van der Waals surface area contributed by atoms with Crippen LogP contribution >= 0.6 is 0 Å². The van der Waals surface area contributed by atoms with E-state index in [2.05, 4.69) is 0 Å². The Morgan fingerprint density at radius 2 is 1.07 bits per heavy atom. The van der Waals surface area contributed by atoms with Crippen LogP contribution in [-0.2, 0) is 9.59 Å². The van der Waals surface area contributed by atoms with Gasteiger partial charge in [-0.2, -0.15) is 0 Å². The second-order valence-corrected chi connectivity index (χ2v) is 5.78. The topological polar surface area (TPSA) is 52.6 Å². The summed E-state index contributed by atoms with van der Waals surface area (Å²) in [6.45, 7) is 5.07. The molecule has 0 saturated carbocycles. The Bertz CT molecular complexity index is 730. The summed E-state index contributed by atoms with van der Waals surface area (Å²) in [7, 11) is 0. The molecule has 0 bridgehead atoms. The Kier molecular flexibility index (Phi) is 8.04. The molecule has 0 atom stereocenters. The van der Waals surface area contributed by atoms with E-state index >= 15 is 0 Å². The number of ether oxygens (including phenoxy) is 2. The molecule has 0 unspecified atom stereocenters. The van der Waals surface area contributed by atoms with E-state index in [0.29, 0.717) is 13.2 Å². The van der Waals surface area contributed by atoms with Gasteiger partial charge in [0.1, 0.15) is 11.5 Å². The zero-order valence-electron chi connectivity index (χ0n) is 15.7. The summed E-state index contributed by atoms with van der Waals surface area (Å²) in [5.41, 5.74) is 1.76. The number of ketones is 2. The molecule has 0 heterocycles. The predicted octanol–water partition coefficient (Wildman–Crippen LogP) is 4.74. The highest BCUT2D eigenvalue weighted by atomic mass is 16.5. The summed E-state index contributed by atoms with van der Waals surface area (Å²) in [5.74, 6) is 1.11. The first-order valence-corrected chi connectivity index (χ1v) is 8.98. The van der Waals surface area contributed by atoms with Gasteiger partial charge >= 0.3 is 0 Å². The molecule has 0 N–H and O–H groups in total. The predicted molar refractivity (Wildman–Crippen MR) is 108 cm³/mol. The number of allylic oxidation sites excluding steroid dienone is 2. The van der Waals surface area contributed by atoms with E-state index in [9.17, 15) is 9.59 Å². The van der Waals surface area contributed by atoms with Gasteiger partial charge in [-0.05, 0) is 61.4 Å². The molecule has 0 aliphatic heterocycles. The lowest BCUT2D eigenvalue weighted by Crippen LogP contribution is -2.01. The Hall–Kier alpha value is -3.14. The molecule has 4 heteroatoms. The van der Waals surface area contributed by atoms with E-state index in [1.165, 1.54) is 12.2 Å². The normalized spacial score (nSPS) is 11.0. The molecule has 2 aromatic carbocycles. The molecular formula is C23H24O4. The molecule has 0 spiro atoms. The fraction of sp³-hybridized carbons (Fsp3) is 0.217. The van der Waals surface area contributed by atoms with E-state index in [0.717, 1.165) is 22.6 Å². The van der Waals surface area contributed by atoms with Gasteiger partial charge < -0.3 is 9.47 Å².